The monoisotopic (exact) mass is 1070 g/mol. The highest BCUT2D eigenvalue weighted by Gasteiger charge is 2.30. The second-order valence-electron chi connectivity index (χ2n) is 17.8. The van der Waals surface area contributed by atoms with Gasteiger partial charge in [-0.2, -0.15) is 8.78 Å². The molecule has 18 nitrogen and oxygen atoms in total. The van der Waals surface area contributed by atoms with E-state index in [9.17, 15) is 18.4 Å². The van der Waals surface area contributed by atoms with Crippen LogP contribution in [0.25, 0.3) is 0 Å². The molecule has 0 spiro atoms. The number of hydrogen-bond acceptors (Lipinski definition) is 16. The minimum atomic E-state index is -0.601. The second kappa shape index (κ2) is 37.0. The molecule has 2 aromatic carbocycles. The van der Waals surface area contributed by atoms with E-state index in [1.54, 1.807) is 24.3 Å². The van der Waals surface area contributed by atoms with Gasteiger partial charge < -0.3 is 67.5 Å². The van der Waals surface area contributed by atoms with Gasteiger partial charge in [0, 0.05) is 11.1 Å². The fourth-order valence-corrected chi connectivity index (χ4v) is 7.64. The fraction of sp³-hybridized carbons (Fsp3) is 0.571. The van der Waals surface area contributed by atoms with Gasteiger partial charge in [0.15, 0.2) is 0 Å². The molecule has 0 saturated heterocycles. The lowest BCUT2D eigenvalue weighted by Crippen LogP contribution is -2.33. The predicted octanol–water partition coefficient (Wildman–Crippen LogP) is 5.82. The number of hydrogen-bond donors (Lipinski definition) is 2. The van der Waals surface area contributed by atoms with Crippen molar-refractivity contribution in [3.05, 3.63) is 130 Å². The zero-order valence-corrected chi connectivity index (χ0v) is 43.6. The lowest BCUT2D eigenvalue weighted by Gasteiger charge is -2.19. The molecule has 2 fully saturated rings. The van der Waals surface area contributed by atoms with Crippen LogP contribution >= 0.6 is 0 Å². The van der Waals surface area contributed by atoms with E-state index >= 15 is 0 Å². The number of carbonyl (C=O) groups excluding carboxylic acids is 2. The molecule has 0 unspecified atom stereocenters. The van der Waals surface area contributed by atoms with Crippen LogP contribution in [0.2, 0.25) is 0 Å². The molecule has 2 aromatic heterocycles. The molecule has 2 amide bonds. The lowest BCUT2D eigenvalue weighted by atomic mass is 10.0. The molecule has 2 aliphatic carbocycles. The maximum atomic E-state index is 14.7. The van der Waals surface area contributed by atoms with Gasteiger partial charge in [0.2, 0.25) is 23.7 Å². The molecule has 0 bridgehead atoms. The molecular weight excluding hydrogens is 991 g/mol. The highest BCUT2D eigenvalue weighted by atomic mass is 19.1. The first-order valence-electron chi connectivity index (χ1n) is 26.4. The largest absolute Gasteiger partial charge is 0.377 e. The van der Waals surface area contributed by atoms with Crippen LogP contribution in [0, 0.1) is 11.9 Å². The van der Waals surface area contributed by atoms with Crippen molar-refractivity contribution in [3.8, 4) is 0 Å². The van der Waals surface area contributed by atoms with Crippen molar-refractivity contribution < 1.29 is 75.2 Å². The summed E-state index contributed by atoms with van der Waals surface area (Å²) in [5, 5.41) is 5.85. The quantitative estimate of drug-likeness (QED) is 0.0397. The van der Waals surface area contributed by atoms with Crippen LogP contribution in [0.3, 0.4) is 0 Å². The summed E-state index contributed by atoms with van der Waals surface area (Å²) in [4.78, 5) is 33.9. The van der Waals surface area contributed by atoms with Gasteiger partial charge in [0.1, 0.15) is 13.2 Å². The van der Waals surface area contributed by atoms with E-state index < -0.39 is 24.0 Å². The van der Waals surface area contributed by atoms with E-state index in [0.29, 0.717) is 155 Å². The molecule has 4 aromatic rings. The molecule has 2 heterocycles. The first-order chi connectivity index (χ1) is 37.5. The van der Waals surface area contributed by atoms with Crippen molar-refractivity contribution in [2.45, 2.75) is 49.6 Å². The number of nitrogens with one attached hydrogen (secondary N) is 2. The van der Waals surface area contributed by atoms with Crippen molar-refractivity contribution in [1.82, 2.24) is 20.6 Å². The number of carbonyl (C=O) groups is 2. The molecule has 2 saturated carbocycles. The minimum Gasteiger partial charge on any atom is -0.377 e. The van der Waals surface area contributed by atoms with E-state index in [-0.39, 0.29) is 50.1 Å². The van der Waals surface area contributed by atoms with Gasteiger partial charge in [-0.25, -0.2) is 9.97 Å². The molecule has 2 N–H and O–H groups in total. The summed E-state index contributed by atoms with van der Waals surface area (Å²) >= 11 is 0. The van der Waals surface area contributed by atoms with Crippen molar-refractivity contribution in [2.24, 2.45) is 0 Å². The van der Waals surface area contributed by atoms with Crippen LogP contribution in [0.15, 0.2) is 84.9 Å². The number of benzene rings is 2. The lowest BCUT2D eigenvalue weighted by molar-refractivity contribution is -0.127. The molecule has 6 rings (SSSR count). The number of amides is 2. The number of aromatic nitrogens is 2. The Hall–Kier alpha value is -4.94. The Labute approximate surface area is 445 Å². The summed E-state index contributed by atoms with van der Waals surface area (Å²) in [5.41, 5.74) is 3.74. The Morgan fingerprint density at radius 2 is 0.632 bits per heavy atom. The summed E-state index contributed by atoms with van der Waals surface area (Å²) < 4.78 is 95.7. The summed E-state index contributed by atoms with van der Waals surface area (Å²) in [5.74, 6) is -1.15. The van der Waals surface area contributed by atoms with Gasteiger partial charge in [-0.1, -0.05) is 72.8 Å². The summed E-state index contributed by atoms with van der Waals surface area (Å²) in [6, 6.07) is 24.6. The van der Waals surface area contributed by atoms with Crippen molar-refractivity contribution in [1.29, 1.82) is 0 Å². The predicted molar refractivity (Wildman–Crippen MR) is 275 cm³/mol. The van der Waals surface area contributed by atoms with E-state index in [1.165, 1.54) is 0 Å². The molecule has 0 aliphatic heterocycles. The molecule has 418 valence electrons. The first kappa shape index (κ1) is 60.3. The van der Waals surface area contributed by atoms with Crippen LogP contribution < -0.4 is 10.6 Å². The molecule has 2 atom stereocenters. The van der Waals surface area contributed by atoms with Gasteiger partial charge in [-0.3, -0.25) is 9.59 Å². The van der Waals surface area contributed by atoms with Crippen molar-refractivity contribution >= 4 is 11.8 Å². The summed E-state index contributed by atoms with van der Waals surface area (Å²) in [6.07, 6.45) is 3.90. The Balaban J connectivity index is 0.613. The molecule has 0 radical (unpaired) electrons. The standard InChI is InChI=1S/C56H76F2N4O14/c57-55-47(43-11-12-43)15-17-49(59-55)53(45-7-3-1-4-8-45)61-51(63)41-75-39-37-73-35-33-71-31-29-69-27-25-67-23-21-65-19-20-66-22-24-68-26-28-70-30-32-72-34-36-74-38-40-76-42-52(64)62-54(46-9-5-2-6-10-46)50-18-16-48(44-13-14-44)56(58)60-50/h1-10,15-18,43-44,53-54H,11-14,19-42H2,(H,61,63)(H,62,64)/t53-,54-/m0/s1. The van der Waals surface area contributed by atoms with Crippen LogP contribution in [-0.2, 0) is 66.4 Å². The number of nitrogens with zero attached hydrogens (tertiary/aromatic N) is 2. The summed E-state index contributed by atoms with van der Waals surface area (Å²) in [6.45, 7) is 8.47. The number of rotatable bonds is 45. The van der Waals surface area contributed by atoms with Gasteiger partial charge in [0.05, 0.1) is 169 Å². The van der Waals surface area contributed by atoms with Gasteiger partial charge in [-0.05, 0) is 60.8 Å². The Morgan fingerprint density at radius 3 is 0.868 bits per heavy atom. The van der Waals surface area contributed by atoms with Gasteiger partial charge in [0.25, 0.3) is 0 Å². The zero-order valence-electron chi connectivity index (χ0n) is 43.6. The van der Waals surface area contributed by atoms with Gasteiger partial charge >= 0.3 is 0 Å². The average molecular weight is 1070 g/mol. The van der Waals surface area contributed by atoms with E-state index in [4.69, 9.17) is 56.8 Å². The highest BCUT2D eigenvalue weighted by molar-refractivity contribution is 5.78. The average Bonchev–Trinajstić information content (AvgIpc) is 4.39. The van der Waals surface area contributed by atoms with E-state index in [1.807, 2.05) is 60.7 Å². The zero-order chi connectivity index (χ0) is 53.1. The third-order valence-corrected chi connectivity index (χ3v) is 11.9. The topological polar surface area (TPSA) is 195 Å². The van der Waals surface area contributed by atoms with Crippen LogP contribution in [0.5, 0.6) is 0 Å². The van der Waals surface area contributed by atoms with Crippen molar-refractivity contribution in [2.75, 3.05) is 159 Å². The molecule has 76 heavy (non-hydrogen) atoms. The molecular formula is C56H76F2N4O14. The van der Waals surface area contributed by atoms with Crippen LogP contribution in [0.4, 0.5) is 8.78 Å². The number of halogens is 2. The Morgan fingerprint density at radius 1 is 0.382 bits per heavy atom. The third kappa shape index (κ3) is 24.6. The maximum absolute atomic E-state index is 14.7. The molecule has 2 aliphatic rings. The fourth-order valence-electron chi connectivity index (χ4n) is 7.64. The smallest absolute Gasteiger partial charge is 0.246 e. The van der Waals surface area contributed by atoms with E-state index in [2.05, 4.69) is 20.6 Å². The number of pyridine rings is 2. The first-order valence-corrected chi connectivity index (χ1v) is 26.4. The highest BCUT2D eigenvalue weighted by Crippen LogP contribution is 2.42. The van der Waals surface area contributed by atoms with Gasteiger partial charge in [-0.15, -0.1) is 0 Å². The SMILES string of the molecule is O=C(COCCOCCOCCOCCOCCOCCOCCOCCOCCOCCOCCOCC(=O)N[C@@H](c1ccccc1)c1ccc(C2CC2)c(F)n1)N[C@@H](c1ccccc1)c1ccc(C2CC2)c(F)n1. The minimum absolute atomic E-state index is 0.168. The van der Waals surface area contributed by atoms with E-state index in [0.717, 1.165) is 36.8 Å². The third-order valence-electron chi connectivity index (χ3n) is 11.9. The normalized spacial score (nSPS) is 14.2. The number of ether oxygens (including phenoxy) is 12. The maximum Gasteiger partial charge on any atom is 0.246 e. The van der Waals surface area contributed by atoms with Crippen LogP contribution in [-0.4, -0.2) is 180 Å². The molecule has 20 heteroatoms. The summed E-state index contributed by atoms with van der Waals surface area (Å²) in [7, 11) is 0. The Bertz CT molecular complexity index is 2050. The van der Waals surface area contributed by atoms with Crippen LogP contribution in [0.1, 0.15) is 83.2 Å². The Kier molecular flexibility index (Phi) is 29.3. The second-order valence-corrected chi connectivity index (χ2v) is 17.8. The van der Waals surface area contributed by atoms with Crippen molar-refractivity contribution in [3.63, 3.8) is 0 Å².